The summed E-state index contributed by atoms with van der Waals surface area (Å²) in [6, 6.07) is 4.19. The molecule has 0 bridgehead atoms. The molecule has 0 unspecified atom stereocenters. The van der Waals surface area contributed by atoms with E-state index >= 15 is 0 Å². The van der Waals surface area contributed by atoms with Crippen molar-refractivity contribution in [3.8, 4) is 0 Å². The fourth-order valence-electron chi connectivity index (χ4n) is 2.27. The Balaban J connectivity index is 0.00000200. The van der Waals surface area contributed by atoms with E-state index in [4.69, 9.17) is 0 Å². The Morgan fingerprint density at radius 2 is 2.00 bits per heavy atom. The molecule has 1 aliphatic heterocycles. The minimum absolute atomic E-state index is 0. The molecule has 21 heavy (non-hydrogen) atoms. The SMILES string of the molecule is C[C@@H]1CN(Cc2cc(C(F)(F)F)ccc2Br)CCN1.Cl.Cl. The van der Waals surface area contributed by atoms with Crippen LogP contribution in [0.25, 0.3) is 0 Å². The molecule has 8 heteroatoms. The highest BCUT2D eigenvalue weighted by molar-refractivity contribution is 9.10. The third-order valence-corrected chi connectivity index (χ3v) is 3.99. The van der Waals surface area contributed by atoms with Gasteiger partial charge in [-0.15, -0.1) is 24.8 Å². The third kappa shape index (κ3) is 5.94. The van der Waals surface area contributed by atoms with E-state index in [0.717, 1.165) is 30.2 Å². The van der Waals surface area contributed by atoms with Gasteiger partial charge in [-0.25, -0.2) is 0 Å². The summed E-state index contributed by atoms with van der Waals surface area (Å²) in [6.45, 7) is 5.19. The zero-order valence-corrected chi connectivity index (χ0v) is 14.6. The maximum atomic E-state index is 12.7. The van der Waals surface area contributed by atoms with Crippen LogP contribution < -0.4 is 5.32 Å². The molecule has 0 aromatic heterocycles. The molecule has 1 fully saturated rings. The fraction of sp³-hybridized carbons (Fsp3) is 0.538. The zero-order chi connectivity index (χ0) is 14.0. The summed E-state index contributed by atoms with van der Waals surface area (Å²) in [6.07, 6.45) is -4.29. The van der Waals surface area contributed by atoms with Crippen molar-refractivity contribution in [2.45, 2.75) is 25.7 Å². The van der Waals surface area contributed by atoms with Gasteiger partial charge in [0.05, 0.1) is 5.56 Å². The van der Waals surface area contributed by atoms with Crippen molar-refractivity contribution in [1.82, 2.24) is 10.2 Å². The Hall–Kier alpha value is -0.0100. The van der Waals surface area contributed by atoms with Crippen LogP contribution in [0, 0.1) is 0 Å². The fourth-order valence-corrected chi connectivity index (χ4v) is 2.64. The second kappa shape index (κ2) is 8.58. The maximum Gasteiger partial charge on any atom is 0.416 e. The minimum atomic E-state index is -4.29. The summed E-state index contributed by atoms with van der Waals surface area (Å²) in [4.78, 5) is 2.17. The summed E-state index contributed by atoms with van der Waals surface area (Å²) < 4.78 is 38.8. The van der Waals surface area contributed by atoms with Crippen molar-refractivity contribution in [3.63, 3.8) is 0 Å². The van der Waals surface area contributed by atoms with Crippen molar-refractivity contribution in [2.24, 2.45) is 0 Å². The van der Waals surface area contributed by atoms with Crippen LogP contribution in [0.15, 0.2) is 22.7 Å². The Labute approximate surface area is 143 Å². The van der Waals surface area contributed by atoms with Crippen LogP contribution >= 0.6 is 40.7 Å². The number of alkyl halides is 3. The monoisotopic (exact) mass is 408 g/mol. The van der Waals surface area contributed by atoms with Crippen molar-refractivity contribution in [1.29, 1.82) is 0 Å². The van der Waals surface area contributed by atoms with Gasteiger partial charge in [0, 0.05) is 36.7 Å². The van der Waals surface area contributed by atoms with Crippen molar-refractivity contribution in [2.75, 3.05) is 19.6 Å². The lowest BCUT2D eigenvalue weighted by molar-refractivity contribution is -0.137. The predicted molar refractivity (Wildman–Crippen MR) is 86.4 cm³/mol. The smallest absolute Gasteiger partial charge is 0.312 e. The molecule has 0 aliphatic carbocycles. The summed E-state index contributed by atoms with van der Waals surface area (Å²) in [5.41, 5.74) is 0.0952. The Bertz CT molecular complexity index is 458. The summed E-state index contributed by atoms with van der Waals surface area (Å²) >= 11 is 3.33. The first-order chi connectivity index (χ1) is 8.86. The quantitative estimate of drug-likeness (QED) is 0.790. The van der Waals surface area contributed by atoms with Gasteiger partial charge in [-0.2, -0.15) is 13.2 Å². The van der Waals surface area contributed by atoms with Gasteiger partial charge in [0.2, 0.25) is 0 Å². The van der Waals surface area contributed by atoms with Crippen LogP contribution in [0.3, 0.4) is 0 Å². The zero-order valence-electron chi connectivity index (χ0n) is 11.4. The number of benzene rings is 1. The number of hydrogen-bond acceptors (Lipinski definition) is 2. The number of nitrogens with zero attached hydrogens (tertiary/aromatic N) is 1. The lowest BCUT2D eigenvalue weighted by Crippen LogP contribution is -2.48. The summed E-state index contributed by atoms with van der Waals surface area (Å²) in [7, 11) is 0. The molecule has 2 rings (SSSR count). The van der Waals surface area contributed by atoms with E-state index in [1.165, 1.54) is 12.1 Å². The highest BCUT2D eigenvalue weighted by atomic mass is 79.9. The topological polar surface area (TPSA) is 15.3 Å². The molecule has 0 saturated carbocycles. The molecular formula is C13H18BrCl2F3N2. The third-order valence-electron chi connectivity index (χ3n) is 3.22. The van der Waals surface area contributed by atoms with E-state index in [1.54, 1.807) is 0 Å². The Morgan fingerprint density at radius 1 is 1.33 bits per heavy atom. The van der Waals surface area contributed by atoms with Crippen LogP contribution in [0.2, 0.25) is 0 Å². The molecule has 1 heterocycles. The largest absolute Gasteiger partial charge is 0.416 e. The highest BCUT2D eigenvalue weighted by Crippen LogP contribution is 2.32. The number of hydrogen-bond donors (Lipinski definition) is 1. The van der Waals surface area contributed by atoms with E-state index in [1.807, 2.05) is 0 Å². The van der Waals surface area contributed by atoms with Gasteiger partial charge in [-0.05, 0) is 30.7 Å². The van der Waals surface area contributed by atoms with E-state index in [-0.39, 0.29) is 24.8 Å². The van der Waals surface area contributed by atoms with Crippen LogP contribution in [-0.4, -0.2) is 30.6 Å². The first kappa shape index (κ1) is 21.0. The van der Waals surface area contributed by atoms with Gasteiger partial charge in [-0.1, -0.05) is 15.9 Å². The van der Waals surface area contributed by atoms with Crippen molar-refractivity contribution >= 4 is 40.7 Å². The molecule has 1 aromatic rings. The van der Waals surface area contributed by atoms with Gasteiger partial charge < -0.3 is 5.32 Å². The molecule has 2 nitrogen and oxygen atoms in total. The van der Waals surface area contributed by atoms with Crippen molar-refractivity contribution < 1.29 is 13.2 Å². The van der Waals surface area contributed by atoms with E-state index in [9.17, 15) is 13.2 Å². The van der Waals surface area contributed by atoms with E-state index < -0.39 is 11.7 Å². The molecule has 1 aliphatic rings. The Morgan fingerprint density at radius 3 is 2.57 bits per heavy atom. The molecule has 0 amide bonds. The summed E-state index contributed by atoms with van der Waals surface area (Å²) in [5.74, 6) is 0. The highest BCUT2D eigenvalue weighted by Gasteiger charge is 2.31. The number of rotatable bonds is 2. The molecule has 122 valence electrons. The van der Waals surface area contributed by atoms with Gasteiger partial charge >= 0.3 is 6.18 Å². The first-order valence-corrected chi connectivity index (χ1v) is 6.97. The van der Waals surface area contributed by atoms with Crippen LogP contribution in [-0.2, 0) is 12.7 Å². The molecule has 0 spiro atoms. The van der Waals surface area contributed by atoms with Crippen LogP contribution in [0.1, 0.15) is 18.1 Å². The van der Waals surface area contributed by atoms with Gasteiger partial charge in [0.25, 0.3) is 0 Å². The van der Waals surface area contributed by atoms with E-state index in [0.29, 0.717) is 18.2 Å². The Kier molecular flexibility index (Phi) is 8.57. The number of halogens is 6. The van der Waals surface area contributed by atoms with Crippen LogP contribution in [0.4, 0.5) is 13.2 Å². The van der Waals surface area contributed by atoms with Gasteiger partial charge in [-0.3, -0.25) is 4.90 Å². The summed E-state index contributed by atoms with van der Waals surface area (Å²) in [5, 5.41) is 3.31. The normalized spacial score (nSPS) is 19.6. The lowest BCUT2D eigenvalue weighted by Gasteiger charge is -2.32. The standard InChI is InChI=1S/C13H16BrF3N2.2ClH/c1-9-7-19(5-4-18-9)8-10-6-11(13(15,16)17)2-3-12(10)14;;/h2-3,6,9,18H,4-5,7-8H2,1H3;2*1H/t9-;;/m1../s1. The minimum Gasteiger partial charge on any atom is -0.312 e. The number of piperazine rings is 1. The second-order valence-electron chi connectivity index (χ2n) is 4.89. The van der Waals surface area contributed by atoms with Gasteiger partial charge in [0.1, 0.15) is 0 Å². The molecule has 1 N–H and O–H groups in total. The predicted octanol–water partition coefficient (Wildman–Crippen LogP) is 4.11. The molecule has 1 aromatic carbocycles. The maximum absolute atomic E-state index is 12.7. The van der Waals surface area contributed by atoms with Crippen molar-refractivity contribution in [3.05, 3.63) is 33.8 Å². The van der Waals surface area contributed by atoms with E-state index in [2.05, 4.69) is 33.1 Å². The first-order valence-electron chi connectivity index (χ1n) is 6.17. The van der Waals surface area contributed by atoms with Crippen LogP contribution in [0.5, 0.6) is 0 Å². The molecular weight excluding hydrogens is 392 g/mol. The average Bonchev–Trinajstić information content (AvgIpc) is 2.30. The number of nitrogens with one attached hydrogen (secondary N) is 1. The van der Waals surface area contributed by atoms with Gasteiger partial charge in [0.15, 0.2) is 0 Å². The average molecular weight is 410 g/mol. The lowest BCUT2D eigenvalue weighted by atomic mass is 10.1. The second-order valence-corrected chi connectivity index (χ2v) is 5.75. The molecule has 1 atom stereocenters. The molecule has 0 radical (unpaired) electrons. The molecule has 1 saturated heterocycles.